The molecule has 2 aromatic rings. The summed E-state index contributed by atoms with van der Waals surface area (Å²) in [6.45, 7) is 0.137. The van der Waals surface area contributed by atoms with Gasteiger partial charge in [0.15, 0.2) is 0 Å². The van der Waals surface area contributed by atoms with Crippen molar-refractivity contribution in [3.05, 3.63) is 65.2 Å². The maximum Gasteiger partial charge on any atom is 0.335 e. The maximum absolute atomic E-state index is 12.9. The van der Waals surface area contributed by atoms with Crippen LogP contribution in [0.5, 0.6) is 0 Å². The molecule has 102 valence electrons. The van der Waals surface area contributed by atoms with Crippen LogP contribution in [-0.2, 0) is 6.54 Å². The Morgan fingerprint density at radius 3 is 2.65 bits per heavy atom. The predicted octanol–water partition coefficient (Wildman–Crippen LogP) is 1.85. The van der Waals surface area contributed by atoms with Gasteiger partial charge >= 0.3 is 5.97 Å². The van der Waals surface area contributed by atoms with Gasteiger partial charge in [0.2, 0.25) is 5.95 Å². The molecular weight excluding hydrogens is 263 g/mol. The van der Waals surface area contributed by atoms with Gasteiger partial charge in [-0.05, 0) is 29.8 Å². The summed E-state index contributed by atoms with van der Waals surface area (Å²) in [5.74, 6) is -2.29. The first kappa shape index (κ1) is 13.7. The Balaban J connectivity index is 2.03. The second-order valence-electron chi connectivity index (χ2n) is 4.03. The second kappa shape index (κ2) is 5.92. The van der Waals surface area contributed by atoms with Crippen molar-refractivity contribution in [1.82, 2.24) is 10.3 Å². The summed E-state index contributed by atoms with van der Waals surface area (Å²) in [5.41, 5.74) is 0.745. The first-order chi connectivity index (χ1) is 9.56. The molecule has 0 aliphatic heterocycles. The van der Waals surface area contributed by atoms with Gasteiger partial charge in [0, 0.05) is 6.54 Å². The van der Waals surface area contributed by atoms with Crippen LogP contribution in [0.4, 0.5) is 4.39 Å². The number of amides is 1. The van der Waals surface area contributed by atoms with Gasteiger partial charge in [0.05, 0.1) is 5.56 Å². The molecule has 0 spiro atoms. The van der Waals surface area contributed by atoms with Crippen LogP contribution in [0.2, 0.25) is 0 Å². The number of carboxylic acid groups (broad SMARTS) is 1. The third kappa shape index (κ3) is 3.38. The Hall–Kier alpha value is -2.76. The summed E-state index contributed by atoms with van der Waals surface area (Å²) in [6.07, 6.45) is 0. The monoisotopic (exact) mass is 274 g/mol. The summed E-state index contributed by atoms with van der Waals surface area (Å²) < 4.78 is 12.9. The molecule has 0 saturated carbocycles. The number of carbonyl (C=O) groups is 2. The van der Waals surface area contributed by atoms with Crippen molar-refractivity contribution in [3.63, 3.8) is 0 Å². The fourth-order valence-electron chi connectivity index (χ4n) is 1.62. The van der Waals surface area contributed by atoms with E-state index in [1.165, 1.54) is 24.3 Å². The minimum atomic E-state index is -1.04. The highest BCUT2D eigenvalue weighted by molar-refractivity contribution is 5.92. The number of hydrogen-bond donors (Lipinski definition) is 2. The Labute approximate surface area is 114 Å². The van der Waals surface area contributed by atoms with Gasteiger partial charge in [-0.3, -0.25) is 4.79 Å². The molecule has 1 aromatic carbocycles. The Bertz CT molecular complexity index is 658. The lowest BCUT2D eigenvalue weighted by atomic mass is 10.1. The fourth-order valence-corrected chi connectivity index (χ4v) is 1.62. The van der Waals surface area contributed by atoms with E-state index >= 15 is 0 Å². The van der Waals surface area contributed by atoms with E-state index in [1.54, 1.807) is 12.1 Å². The molecule has 1 aromatic heterocycles. The van der Waals surface area contributed by atoms with Gasteiger partial charge < -0.3 is 10.4 Å². The first-order valence-electron chi connectivity index (χ1n) is 5.79. The molecule has 0 unspecified atom stereocenters. The summed E-state index contributed by atoms with van der Waals surface area (Å²) in [7, 11) is 0. The molecule has 0 fully saturated rings. The van der Waals surface area contributed by atoms with Gasteiger partial charge in [0.25, 0.3) is 5.91 Å². The molecular formula is C14H11FN2O3. The number of benzene rings is 1. The Kier molecular flexibility index (Phi) is 4.05. The van der Waals surface area contributed by atoms with Crippen LogP contribution >= 0.6 is 0 Å². The van der Waals surface area contributed by atoms with Crippen LogP contribution in [0.1, 0.15) is 26.4 Å². The SMILES string of the molecule is O=C(O)c1cccc(CNC(=O)c2cccc(F)n2)c1. The minimum absolute atomic E-state index is 0.0283. The van der Waals surface area contributed by atoms with Gasteiger partial charge in [-0.25, -0.2) is 9.78 Å². The van der Waals surface area contributed by atoms with Crippen molar-refractivity contribution in [3.8, 4) is 0 Å². The quantitative estimate of drug-likeness (QED) is 0.834. The van der Waals surface area contributed by atoms with Crippen molar-refractivity contribution in [2.75, 3.05) is 0 Å². The molecule has 0 aliphatic carbocycles. The van der Waals surface area contributed by atoms with Gasteiger partial charge in [-0.15, -0.1) is 0 Å². The lowest BCUT2D eigenvalue weighted by Gasteiger charge is -2.05. The van der Waals surface area contributed by atoms with Crippen LogP contribution in [0.3, 0.4) is 0 Å². The molecule has 2 N–H and O–H groups in total. The van der Waals surface area contributed by atoms with Gasteiger partial charge in [-0.2, -0.15) is 4.39 Å². The zero-order valence-electron chi connectivity index (χ0n) is 10.3. The smallest absolute Gasteiger partial charge is 0.335 e. The minimum Gasteiger partial charge on any atom is -0.478 e. The van der Waals surface area contributed by atoms with Crippen LogP contribution in [0.15, 0.2) is 42.5 Å². The number of hydrogen-bond acceptors (Lipinski definition) is 3. The van der Waals surface area contributed by atoms with E-state index in [2.05, 4.69) is 10.3 Å². The van der Waals surface area contributed by atoms with Crippen LogP contribution in [0.25, 0.3) is 0 Å². The average molecular weight is 274 g/mol. The molecule has 1 amide bonds. The number of carboxylic acids is 1. The first-order valence-corrected chi connectivity index (χ1v) is 5.79. The van der Waals surface area contributed by atoms with Crippen molar-refractivity contribution in [2.24, 2.45) is 0 Å². The molecule has 6 heteroatoms. The lowest BCUT2D eigenvalue weighted by Crippen LogP contribution is -2.24. The average Bonchev–Trinajstić information content (AvgIpc) is 2.45. The molecule has 2 rings (SSSR count). The van der Waals surface area contributed by atoms with Crippen molar-refractivity contribution in [1.29, 1.82) is 0 Å². The predicted molar refractivity (Wildman–Crippen MR) is 68.8 cm³/mol. The number of nitrogens with one attached hydrogen (secondary N) is 1. The van der Waals surface area contributed by atoms with Crippen molar-refractivity contribution in [2.45, 2.75) is 6.54 Å². The molecule has 5 nitrogen and oxygen atoms in total. The zero-order valence-corrected chi connectivity index (χ0v) is 10.3. The molecule has 0 aliphatic rings. The number of aromatic nitrogens is 1. The van der Waals surface area contributed by atoms with Crippen molar-refractivity contribution < 1.29 is 19.1 Å². The highest BCUT2D eigenvalue weighted by Gasteiger charge is 2.08. The molecule has 0 atom stereocenters. The van der Waals surface area contributed by atoms with Crippen molar-refractivity contribution >= 4 is 11.9 Å². The third-order valence-corrected chi connectivity index (χ3v) is 2.57. The highest BCUT2D eigenvalue weighted by Crippen LogP contribution is 2.05. The zero-order chi connectivity index (χ0) is 14.5. The topological polar surface area (TPSA) is 79.3 Å². The Morgan fingerprint density at radius 1 is 1.20 bits per heavy atom. The molecule has 0 radical (unpaired) electrons. The maximum atomic E-state index is 12.9. The van der Waals surface area contributed by atoms with Crippen LogP contribution in [-0.4, -0.2) is 22.0 Å². The number of aromatic carboxylic acids is 1. The van der Waals surface area contributed by atoms with E-state index in [1.807, 2.05) is 0 Å². The number of carbonyl (C=O) groups excluding carboxylic acids is 1. The van der Waals surface area contributed by atoms with E-state index in [0.717, 1.165) is 6.07 Å². The highest BCUT2D eigenvalue weighted by atomic mass is 19.1. The van der Waals surface area contributed by atoms with E-state index in [9.17, 15) is 14.0 Å². The fraction of sp³-hybridized carbons (Fsp3) is 0.0714. The van der Waals surface area contributed by atoms with Crippen LogP contribution in [0, 0.1) is 5.95 Å². The number of nitrogens with zero attached hydrogens (tertiary/aromatic N) is 1. The number of rotatable bonds is 4. The van der Waals surface area contributed by atoms with E-state index in [4.69, 9.17) is 5.11 Å². The largest absolute Gasteiger partial charge is 0.478 e. The standard InChI is InChI=1S/C14H11FN2O3/c15-12-6-2-5-11(17-12)13(18)16-8-9-3-1-4-10(7-9)14(19)20/h1-7H,8H2,(H,16,18)(H,19,20). The summed E-state index contributed by atoms with van der Waals surface area (Å²) in [5, 5.41) is 11.4. The lowest BCUT2D eigenvalue weighted by molar-refractivity contribution is 0.0696. The summed E-state index contributed by atoms with van der Waals surface area (Å²) >= 11 is 0. The van der Waals surface area contributed by atoms with Gasteiger partial charge in [-0.1, -0.05) is 18.2 Å². The Morgan fingerprint density at radius 2 is 1.95 bits per heavy atom. The number of pyridine rings is 1. The van der Waals surface area contributed by atoms with Crippen LogP contribution < -0.4 is 5.32 Å². The van der Waals surface area contributed by atoms with E-state index < -0.39 is 17.8 Å². The molecule has 0 saturated heterocycles. The molecule has 0 bridgehead atoms. The molecule has 1 heterocycles. The summed E-state index contributed by atoms with van der Waals surface area (Å²) in [4.78, 5) is 26.0. The summed E-state index contributed by atoms with van der Waals surface area (Å²) in [6, 6.07) is 10.1. The molecule has 20 heavy (non-hydrogen) atoms. The van der Waals surface area contributed by atoms with E-state index in [0.29, 0.717) is 5.56 Å². The second-order valence-corrected chi connectivity index (χ2v) is 4.03. The normalized spacial score (nSPS) is 10.1. The van der Waals surface area contributed by atoms with Gasteiger partial charge in [0.1, 0.15) is 5.69 Å². The third-order valence-electron chi connectivity index (χ3n) is 2.57. The van der Waals surface area contributed by atoms with E-state index in [-0.39, 0.29) is 17.8 Å². The number of halogens is 1.